The number of carbonyl (C=O) groups is 2. The number of fused-ring (bicyclic) bond motifs is 3. The van der Waals surface area contributed by atoms with Crippen molar-refractivity contribution >= 4 is 57.8 Å². The molecule has 4 N–H and O–H groups in total. The molecule has 0 saturated heterocycles. The van der Waals surface area contributed by atoms with Crippen molar-refractivity contribution in [3.8, 4) is 11.5 Å². The molecular weight excluding hydrogens is 980 g/mol. The lowest BCUT2D eigenvalue weighted by Crippen LogP contribution is -2.72. The van der Waals surface area contributed by atoms with Gasteiger partial charge in [0.1, 0.15) is 30.1 Å². The smallest absolute Gasteiger partial charge is 0.274 e. The number of aromatic amines is 1. The van der Waals surface area contributed by atoms with E-state index >= 15 is 0 Å². The second kappa shape index (κ2) is 21.3. The van der Waals surface area contributed by atoms with Crippen LogP contribution < -0.4 is 31.1 Å². The van der Waals surface area contributed by atoms with Crippen LogP contribution >= 0.6 is 23.2 Å². The van der Waals surface area contributed by atoms with Crippen molar-refractivity contribution in [3.05, 3.63) is 173 Å². The molecule has 1 aliphatic carbocycles. The van der Waals surface area contributed by atoms with E-state index in [0.717, 1.165) is 52.7 Å². The van der Waals surface area contributed by atoms with Gasteiger partial charge < -0.3 is 34.1 Å². The van der Waals surface area contributed by atoms with Crippen molar-refractivity contribution in [2.24, 2.45) is 5.41 Å². The SMILES string of the molecule is CC(C)N1CCn2c(CCc3cc(N)c(C=[NH+]CC4(CC(C)N5CCn6c(CCc7cc8[nH]ncc8c(Cl)n7)cc(=O)c(OCc7ccccc7)c6C5=O)CC4)c(Cl)n3)cc(=O)c(OCc3ccccc3)c2C1=O. The molecule has 3 aliphatic rings. The minimum atomic E-state index is -0.348. The highest BCUT2D eigenvalue weighted by Gasteiger charge is 2.48. The molecule has 74 heavy (non-hydrogen) atoms. The van der Waals surface area contributed by atoms with E-state index < -0.39 is 0 Å². The van der Waals surface area contributed by atoms with Gasteiger partial charge in [0.15, 0.2) is 29.1 Å². The summed E-state index contributed by atoms with van der Waals surface area (Å²) < 4.78 is 16.2. The third-order valence-electron chi connectivity index (χ3n) is 14.6. The summed E-state index contributed by atoms with van der Waals surface area (Å²) in [6.45, 7) is 8.91. The molecule has 18 heteroatoms. The minimum Gasteiger partial charge on any atom is -0.483 e. The number of benzene rings is 2. The molecule has 2 aromatic carbocycles. The molecule has 1 fully saturated rings. The van der Waals surface area contributed by atoms with Gasteiger partial charge in [0.05, 0.1) is 22.7 Å². The number of hydrogen-bond donors (Lipinski definition) is 3. The van der Waals surface area contributed by atoms with Gasteiger partial charge in [-0.25, -0.2) is 15.0 Å². The zero-order valence-electron chi connectivity index (χ0n) is 41.7. The van der Waals surface area contributed by atoms with Crippen LogP contribution in [0.15, 0.2) is 101 Å². The molecule has 7 heterocycles. The average Bonchev–Trinajstić information content (AvgIpc) is 3.97. The van der Waals surface area contributed by atoms with Crippen molar-refractivity contribution < 1.29 is 24.1 Å². The third-order valence-corrected chi connectivity index (χ3v) is 15.2. The Morgan fingerprint density at radius 3 is 1.81 bits per heavy atom. The van der Waals surface area contributed by atoms with Crippen LogP contribution in [0.25, 0.3) is 10.9 Å². The number of nitrogens with zero attached hydrogens (tertiary/aromatic N) is 7. The number of carbonyl (C=O) groups excluding carboxylic acids is 2. The number of ether oxygens (including phenoxy) is 2. The summed E-state index contributed by atoms with van der Waals surface area (Å²) in [7, 11) is 0. The van der Waals surface area contributed by atoms with Crippen molar-refractivity contribution in [3.63, 3.8) is 0 Å². The van der Waals surface area contributed by atoms with Crippen molar-refractivity contribution in [2.75, 3.05) is 25.4 Å². The summed E-state index contributed by atoms with van der Waals surface area (Å²) in [5, 5.41) is 8.37. The Labute approximate surface area is 438 Å². The molecule has 382 valence electrons. The number of aryl methyl sites for hydroxylation is 4. The second-order valence-corrected chi connectivity index (χ2v) is 20.7. The predicted molar refractivity (Wildman–Crippen MR) is 284 cm³/mol. The normalized spacial score (nSPS) is 15.5. The Balaban J connectivity index is 0.813. The second-order valence-electron chi connectivity index (χ2n) is 20.0. The predicted octanol–water partition coefficient (Wildman–Crippen LogP) is 6.37. The summed E-state index contributed by atoms with van der Waals surface area (Å²) in [5.41, 5.74) is 12.8. The third kappa shape index (κ3) is 10.6. The fourth-order valence-electron chi connectivity index (χ4n) is 10.4. The van der Waals surface area contributed by atoms with Gasteiger partial charge in [0.2, 0.25) is 10.9 Å². The Morgan fingerprint density at radius 1 is 0.716 bits per heavy atom. The number of anilines is 1. The van der Waals surface area contributed by atoms with E-state index in [1.807, 2.05) is 94.6 Å². The number of aromatic nitrogens is 6. The van der Waals surface area contributed by atoms with Gasteiger partial charge in [-0.15, -0.1) is 0 Å². The average molecular weight is 1040 g/mol. The highest BCUT2D eigenvalue weighted by Crippen LogP contribution is 2.49. The molecular formula is C56H59Cl2N10O6+. The summed E-state index contributed by atoms with van der Waals surface area (Å²) in [6, 6.07) is 25.8. The highest BCUT2D eigenvalue weighted by molar-refractivity contribution is 6.34. The quantitative estimate of drug-likeness (QED) is 0.0605. The Hall–Kier alpha value is -7.30. The van der Waals surface area contributed by atoms with Crippen LogP contribution in [0.2, 0.25) is 10.3 Å². The molecule has 5 aromatic heterocycles. The zero-order valence-corrected chi connectivity index (χ0v) is 43.2. The number of nitrogens with one attached hydrogen (secondary N) is 2. The number of halogens is 2. The number of rotatable bonds is 19. The van der Waals surface area contributed by atoms with Crippen molar-refractivity contribution in [1.82, 2.24) is 39.1 Å². The van der Waals surface area contributed by atoms with E-state index in [9.17, 15) is 19.2 Å². The van der Waals surface area contributed by atoms with E-state index in [0.29, 0.717) is 86.2 Å². The van der Waals surface area contributed by atoms with Gasteiger partial charge in [-0.3, -0.25) is 24.3 Å². The van der Waals surface area contributed by atoms with E-state index in [-0.39, 0.29) is 81.4 Å². The molecule has 10 rings (SSSR count). The molecule has 1 saturated carbocycles. The first-order valence-corrected chi connectivity index (χ1v) is 26.0. The maximum absolute atomic E-state index is 14.7. The number of nitrogen functional groups attached to an aromatic ring is 1. The topological polar surface area (TPSA) is 198 Å². The minimum absolute atomic E-state index is 0.0462. The van der Waals surface area contributed by atoms with E-state index in [1.54, 1.807) is 35.5 Å². The molecule has 1 unspecified atom stereocenters. The van der Waals surface area contributed by atoms with Gasteiger partial charge >= 0.3 is 0 Å². The standard InChI is InChI=1S/C56H58Cl2N10O6/c1-34(2)65-20-22-67-40(26-46(69)50(48(67)54(65)71)73-31-36-10-6-4-7-11-36)16-14-38-24-44(59)42(52(57)62-38)29-60-33-56(18-19-56)28-35(3)66-21-23-68-41(17-15-39-25-45-43(30-61-64-45)53(58)63-39)27-47(70)51(49(68)55(66)72)74-32-37-12-8-5-9-13-37/h4-13,24-27,29-30,34-35H,14-23,28,31-33H2,1-3H3,(H2,59,62)(H,61,64)/p+1. The number of nitrogens with two attached hydrogens (primary N) is 1. The van der Waals surface area contributed by atoms with E-state index in [1.165, 1.54) is 0 Å². The molecule has 0 spiro atoms. The summed E-state index contributed by atoms with van der Waals surface area (Å²) in [4.78, 5) is 72.6. The summed E-state index contributed by atoms with van der Waals surface area (Å²) >= 11 is 13.3. The van der Waals surface area contributed by atoms with Crippen LogP contribution in [0.3, 0.4) is 0 Å². The van der Waals surface area contributed by atoms with Crippen LogP contribution in [0.1, 0.15) is 100 Å². The Kier molecular flexibility index (Phi) is 14.4. The van der Waals surface area contributed by atoms with Crippen molar-refractivity contribution in [2.45, 2.75) is 104 Å². The number of hydrogen-bond acceptors (Lipinski definition) is 10. The first-order chi connectivity index (χ1) is 35.8. The first-order valence-electron chi connectivity index (χ1n) is 25.2. The molecule has 16 nitrogen and oxygen atoms in total. The van der Waals surface area contributed by atoms with Crippen LogP contribution in [0.5, 0.6) is 11.5 Å². The number of H-pyrrole nitrogens is 1. The molecule has 0 bridgehead atoms. The van der Waals surface area contributed by atoms with Crippen LogP contribution in [-0.2, 0) is 52.0 Å². The van der Waals surface area contributed by atoms with Gasteiger partial charge in [-0.1, -0.05) is 83.9 Å². The maximum atomic E-state index is 14.7. The highest BCUT2D eigenvalue weighted by atomic mass is 35.5. The fourth-order valence-corrected chi connectivity index (χ4v) is 11.0. The van der Waals surface area contributed by atoms with Gasteiger partial charge in [0.25, 0.3) is 11.8 Å². The molecule has 7 aromatic rings. The molecule has 2 amide bonds. The molecule has 1 atom stereocenters. The van der Waals surface area contributed by atoms with Crippen LogP contribution in [0, 0.1) is 5.41 Å². The lowest BCUT2D eigenvalue weighted by molar-refractivity contribution is -0.464. The lowest BCUT2D eigenvalue weighted by Gasteiger charge is -2.37. The molecule has 2 aliphatic heterocycles. The van der Waals surface area contributed by atoms with E-state index in [4.69, 9.17) is 43.4 Å². The fraction of sp³-hybridized carbons (Fsp3) is 0.357. The Morgan fingerprint density at radius 2 is 1.26 bits per heavy atom. The van der Waals surface area contributed by atoms with Gasteiger partial charge in [-0.05, 0) is 89.0 Å². The first kappa shape index (κ1) is 50.2. The monoisotopic (exact) mass is 1040 g/mol. The number of amides is 2. The summed E-state index contributed by atoms with van der Waals surface area (Å²) in [5.74, 6) is -0.367. The number of pyridine rings is 4. The van der Waals surface area contributed by atoms with E-state index in [2.05, 4.69) is 27.1 Å². The Bertz CT molecular complexity index is 3380. The summed E-state index contributed by atoms with van der Waals surface area (Å²) in [6.07, 6.45) is 7.92. The zero-order chi connectivity index (χ0) is 51.7. The van der Waals surface area contributed by atoms with Crippen LogP contribution in [0.4, 0.5) is 5.69 Å². The van der Waals surface area contributed by atoms with Crippen LogP contribution in [-0.4, -0.2) is 88.8 Å². The maximum Gasteiger partial charge on any atom is 0.274 e. The van der Waals surface area contributed by atoms with Crippen molar-refractivity contribution in [1.29, 1.82) is 0 Å². The largest absolute Gasteiger partial charge is 0.483 e. The molecule has 0 radical (unpaired) electrons. The van der Waals surface area contributed by atoms with Gasteiger partial charge in [0, 0.05) is 84.3 Å². The van der Waals surface area contributed by atoms with Gasteiger partial charge in [-0.2, -0.15) is 5.10 Å². The lowest BCUT2D eigenvalue weighted by atomic mass is 9.96.